The maximum absolute atomic E-state index is 6.45. The van der Waals surface area contributed by atoms with Gasteiger partial charge in [-0.05, 0) is 57.6 Å². The lowest BCUT2D eigenvalue weighted by atomic mass is 9.85. The Morgan fingerprint density at radius 2 is 2.05 bits per heavy atom. The molecule has 0 bridgehead atoms. The Morgan fingerprint density at radius 3 is 2.76 bits per heavy atom. The summed E-state index contributed by atoms with van der Waals surface area (Å²) in [5.74, 6) is 1.88. The van der Waals surface area contributed by atoms with Gasteiger partial charge >= 0.3 is 0 Å². The summed E-state index contributed by atoms with van der Waals surface area (Å²) in [4.78, 5) is 0. The van der Waals surface area contributed by atoms with E-state index in [1.54, 1.807) is 0 Å². The zero-order chi connectivity index (χ0) is 14.9. The van der Waals surface area contributed by atoms with E-state index in [1.165, 1.54) is 43.2 Å². The minimum absolute atomic E-state index is 0.109. The highest BCUT2D eigenvalue weighted by Gasteiger charge is 2.42. The zero-order valence-corrected chi connectivity index (χ0v) is 13.7. The highest BCUT2D eigenvalue weighted by molar-refractivity contribution is 5.42. The van der Waals surface area contributed by atoms with E-state index in [0.29, 0.717) is 6.04 Å². The molecule has 1 fully saturated rings. The number of benzene rings is 1. The number of aryl methyl sites for hydroxylation is 1. The molecule has 3 rings (SSSR count). The Morgan fingerprint density at radius 1 is 1.29 bits per heavy atom. The van der Waals surface area contributed by atoms with E-state index in [9.17, 15) is 0 Å². The predicted molar refractivity (Wildman–Crippen MR) is 87.8 cm³/mol. The third-order valence-electron chi connectivity index (χ3n) is 5.07. The minimum Gasteiger partial charge on any atom is -0.487 e. The van der Waals surface area contributed by atoms with Crippen molar-refractivity contribution in [1.29, 1.82) is 0 Å². The van der Waals surface area contributed by atoms with E-state index in [0.717, 1.165) is 24.6 Å². The van der Waals surface area contributed by atoms with Crippen molar-refractivity contribution in [2.75, 3.05) is 6.54 Å². The summed E-state index contributed by atoms with van der Waals surface area (Å²) in [6, 6.07) is 7.13. The van der Waals surface area contributed by atoms with Gasteiger partial charge in [0.15, 0.2) is 0 Å². The van der Waals surface area contributed by atoms with Crippen LogP contribution in [0.2, 0.25) is 0 Å². The van der Waals surface area contributed by atoms with Crippen LogP contribution in [0, 0.1) is 12.8 Å². The molecule has 1 atom stereocenters. The molecule has 1 N–H and O–H groups in total. The van der Waals surface area contributed by atoms with Gasteiger partial charge in [-0.25, -0.2) is 0 Å². The van der Waals surface area contributed by atoms with Crippen molar-refractivity contribution in [2.24, 2.45) is 5.92 Å². The Bertz CT molecular complexity index is 488. The molecule has 2 aliphatic rings. The summed E-state index contributed by atoms with van der Waals surface area (Å²) in [7, 11) is 0. The average Bonchev–Trinajstić information content (AvgIpc) is 2.87. The fraction of sp³-hybridized carbons (Fsp3) is 0.684. The highest BCUT2D eigenvalue weighted by Crippen LogP contribution is 2.47. The molecule has 1 aliphatic carbocycles. The summed E-state index contributed by atoms with van der Waals surface area (Å²) < 4.78 is 6.45. The van der Waals surface area contributed by atoms with Gasteiger partial charge in [-0.1, -0.05) is 31.5 Å². The SMILES string of the molecule is Cc1ccc2c(c1)C(NCCC(C)C)CC1(CCCC1)O2. The monoisotopic (exact) mass is 287 g/mol. The average molecular weight is 287 g/mol. The molecule has 1 unspecified atom stereocenters. The van der Waals surface area contributed by atoms with Crippen LogP contribution in [0.25, 0.3) is 0 Å². The summed E-state index contributed by atoms with van der Waals surface area (Å²) in [6.07, 6.45) is 7.47. The van der Waals surface area contributed by atoms with E-state index < -0.39 is 0 Å². The van der Waals surface area contributed by atoms with Gasteiger partial charge in [0.25, 0.3) is 0 Å². The van der Waals surface area contributed by atoms with Crippen LogP contribution in [0.1, 0.15) is 69.5 Å². The first-order chi connectivity index (χ1) is 10.1. The smallest absolute Gasteiger partial charge is 0.124 e. The second kappa shape index (κ2) is 6.00. The Hall–Kier alpha value is -1.02. The topological polar surface area (TPSA) is 21.3 Å². The van der Waals surface area contributed by atoms with Crippen molar-refractivity contribution in [1.82, 2.24) is 5.32 Å². The lowest BCUT2D eigenvalue weighted by Crippen LogP contribution is -2.42. The predicted octanol–water partition coefficient (Wildman–Crippen LogP) is 4.77. The van der Waals surface area contributed by atoms with E-state index in [-0.39, 0.29) is 5.60 Å². The molecule has 0 saturated heterocycles. The van der Waals surface area contributed by atoms with Gasteiger partial charge in [-0.15, -0.1) is 0 Å². The fourth-order valence-corrected chi connectivity index (χ4v) is 3.84. The Kier molecular flexibility index (Phi) is 4.26. The summed E-state index contributed by atoms with van der Waals surface area (Å²) >= 11 is 0. The van der Waals surface area contributed by atoms with Crippen molar-refractivity contribution < 1.29 is 4.74 Å². The highest BCUT2D eigenvalue weighted by atomic mass is 16.5. The van der Waals surface area contributed by atoms with Crippen LogP contribution >= 0.6 is 0 Å². The first kappa shape index (κ1) is 14.9. The molecule has 1 aromatic rings. The number of nitrogens with one attached hydrogen (secondary N) is 1. The van der Waals surface area contributed by atoms with Crippen LogP contribution in [-0.4, -0.2) is 12.1 Å². The molecule has 1 spiro atoms. The van der Waals surface area contributed by atoms with Crippen molar-refractivity contribution in [2.45, 2.75) is 70.9 Å². The van der Waals surface area contributed by atoms with Crippen LogP contribution < -0.4 is 10.1 Å². The number of hydrogen-bond donors (Lipinski definition) is 1. The standard InChI is InChI=1S/C19H29NO/c1-14(2)8-11-20-17-13-19(9-4-5-10-19)21-18-7-6-15(3)12-16(17)18/h6-7,12,14,17,20H,4-5,8-11,13H2,1-3H3. The lowest BCUT2D eigenvalue weighted by molar-refractivity contribution is 0.0366. The van der Waals surface area contributed by atoms with Crippen molar-refractivity contribution in [3.8, 4) is 5.75 Å². The van der Waals surface area contributed by atoms with E-state index in [1.807, 2.05) is 0 Å². The van der Waals surface area contributed by atoms with Crippen LogP contribution in [0.15, 0.2) is 18.2 Å². The molecular formula is C19H29NO. The molecule has 1 saturated carbocycles. The molecule has 1 aliphatic heterocycles. The minimum atomic E-state index is 0.109. The third-order valence-corrected chi connectivity index (χ3v) is 5.07. The van der Waals surface area contributed by atoms with E-state index in [2.05, 4.69) is 44.3 Å². The zero-order valence-electron chi connectivity index (χ0n) is 13.7. The first-order valence-electron chi connectivity index (χ1n) is 8.61. The number of rotatable bonds is 4. The molecule has 0 radical (unpaired) electrons. The molecule has 2 nitrogen and oxygen atoms in total. The van der Waals surface area contributed by atoms with Gasteiger partial charge in [0.2, 0.25) is 0 Å². The Balaban J connectivity index is 1.81. The van der Waals surface area contributed by atoms with E-state index in [4.69, 9.17) is 4.74 Å². The van der Waals surface area contributed by atoms with Gasteiger partial charge < -0.3 is 10.1 Å². The van der Waals surface area contributed by atoms with Gasteiger partial charge in [0.05, 0.1) is 0 Å². The van der Waals surface area contributed by atoms with Gasteiger partial charge in [0, 0.05) is 18.0 Å². The number of hydrogen-bond acceptors (Lipinski definition) is 2. The van der Waals surface area contributed by atoms with Gasteiger partial charge in [-0.2, -0.15) is 0 Å². The first-order valence-corrected chi connectivity index (χ1v) is 8.61. The summed E-state index contributed by atoms with van der Waals surface area (Å²) in [5.41, 5.74) is 2.81. The van der Waals surface area contributed by atoms with Crippen molar-refractivity contribution in [3.63, 3.8) is 0 Å². The third kappa shape index (κ3) is 3.26. The summed E-state index contributed by atoms with van der Waals surface area (Å²) in [6.45, 7) is 7.86. The van der Waals surface area contributed by atoms with E-state index >= 15 is 0 Å². The van der Waals surface area contributed by atoms with Crippen LogP contribution in [0.4, 0.5) is 0 Å². The van der Waals surface area contributed by atoms with Crippen LogP contribution in [0.5, 0.6) is 5.75 Å². The summed E-state index contributed by atoms with van der Waals surface area (Å²) in [5, 5.41) is 3.81. The van der Waals surface area contributed by atoms with Gasteiger partial charge in [0.1, 0.15) is 11.4 Å². The normalized spacial score (nSPS) is 23.3. The second-order valence-corrected chi connectivity index (χ2v) is 7.43. The maximum atomic E-state index is 6.45. The maximum Gasteiger partial charge on any atom is 0.124 e. The molecule has 2 heteroatoms. The molecule has 1 heterocycles. The van der Waals surface area contributed by atoms with Gasteiger partial charge in [-0.3, -0.25) is 0 Å². The van der Waals surface area contributed by atoms with Crippen LogP contribution in [-0.2, 0) is 0 Å². The van der Waals surface area contributed by atoms with Crippen molar-refractivity contribution in [3.05, 3.63) is 29.3 Å². The molecule has 0 aromatic heterocycles. The molecule has 1 aromatic carbocycles. The number of fused-ring (bicyclic) bond motifs is 1. The second-order valence-electron chi connectivity index (χ2n) is 7.43. The molecule has 21 heavy (non-hydrogen) atoms. The molecule has 116 valence electrons. The van der Waals surface area contributed by atoms with Crippen molar-refractivity contribution >= 4 is 0 Å². The molecule has 0 amide bonds. The Labute approximate surface area is 129 Å². The molecular weight excluding hydrogens is 258 g/mol. The largest absolute Gasteiger partial charge is 0.487 e. The van der Waals surface area contributed by atoms with Crippen LogP contribution in [0.3, 0.4) is 0 Å². The number of ether oxygens (including phenoxy) is 1. The lowest BCUT2D eigenvalue weighted by Gasteiger charge is -2.40. The quantitative estimate of drug-likeness (QED) is 0.861. The fourth-order valence-electron chi connectivity index (χ4n) is 3.84.